The number of rotatable bonds is 5. The minimum atomic E-state index is -0.960. The number of anilines is 1. The van der Waals surface area contributed by atoms with Crippen molar-refractivity contribution >= 4 is 17.6 Å². The fourth-order valence-electron chi connectivity index (χ4n) is 1.31. The molecule has 0 aliphatic rings. The second-order valence-corrected chi connectivity index (χ2v) is 3.66. The lowest BCUT2D eigenvalue weighted by atomic mass is 10.2. The Morgan fingerprint density at radius 3 is 2.50 bits per heavy atom. The quantitative estimate of drug-likeness (QED) is 0.611. The Balaban J connectivity index is 2.91. The third-order valence-electron chi connectivity index (χ3n) is 2.17. The highest BCUT2D eigenvalue weighted by Crippen LogP contribution is 2.30. The van der Waals surface area contributed by atoms with Gasteiger partial charge in [-0.15, -0.1) is 0 Å². The van der Waals surface area contributed by atoms with Gasteiger partial charge in [-0.25, -0.2) is 0 Å². The van der Waals surface area contributed by atoms with Gasteiger partial charge < -0.3 is 19.9 Å². The lowest BCUT2D eigenvalue weighted by Crippen LogP contribution is -2.25. The maximum Gasteiger partial charge on any atom is 0.325 e. The van der Waals surface area contributed by atoms with Crippen LogP contribution in [0.15, 0.2) is 18.2 Å². The summed E-state index contributed by atoms with van der Waals surface area (Å²) in [6.45, 7) is 2.81. The predicted octanol–water partition coefficient (Wildman–Crippen LogP) is 1.51. The lowest BCUT2D eigenvalue weighted by molar-refractivity contribution is -0.137. The normalized spacial score (nSPS) is 11.5. The Morgan fingerprint density at radius 1 is 1.33 bits per heavy atom. The average molecular weight is 253 g/mol. The van der Waals surface area contributed by atoms with Gasteiger partial charge in [-0.1, -0.05) is 0 Å². The van der Waals surface area contributed by atoms with E-state index in [4.69, 9.17) is 14.6 Å². The van der Waals surface area contributed by atoms with Gasteiger partial charge in [0.25, 0.3) is 0 Å². The Hall–Kier alpha value is -2.24. The van der Waals surface area contributed by atoms with Crippen LogP contribution in [0.25, 0.3) is 0 Å². The van der Waals surface area contributed by atoms with Crippen LogP contribution in [0.4, 0.5) is 5.69 Å². The van der Waals surface area contributed by atoms with E-state index < -0.39 is 18.0 Å². The van der Waals surface area contributed by atoms with E-state index in [-0.39, 0.29) is 0 Å². The summed E-state index contributed by atoms with van der Waals surface area (Å²) in [4.78, 5) is 21.6. The van der Waals surface area contributed by atoms with E-state index in [2.05, 4.69) is 5.32 Å². The number of carboxylic acid groups (broad SMARTS) is 1. The molecule has 0 radical (unpaired) electrons. The zero-order chi connectivity index (χ0) is 13.7. The van der Waals surface area contributed by atoms with Gasteiger partial charge in [0.1, 0.15) is 6.04 Å². The summed E-state index contributed by atoms with van der Waals surface area (Å²) in [5.41, 5.74) is 0.567. The maximum absolute atomic E-state index is 10.9. The largest absolute Gasteiger partial charge is 0.493 e. The van der Waals surface area contributed by atoms with Crippen LogP contribution >= 0.6 is 0 Å². The average Bonchev–Trinajstić information content (AvgIpc) is 2.30. The highest BCUT2D eigenvalue weighted by atomic mass is 16.6. The summed E-state index contributed by atoms with van der Waals surface area (Å²) in [6.07, 6.45) is 0. The van der Waals surface area contributed by atoms with Crippen molar-refractivity contribution in [3.05, 3.63) is 18.2 Å². The van der Waals surface area contributed by atoms with Crippen LogP contribution in [0.5, 0.6) is 11.5 Å². The molecule has 1 unspecified atom stereocenters. The molecule has 0 aliphatic carbocycles. The van der Waals surface area contributed by atoms with Crippen LogP contribution in [0.1, 0.15) is 13.8 Å². The first-order valence-electron chi connectivity index (χ1n) is 5.30. The Morgan fingerprint density at radius 2 is 2.00 bits per heavy atom. The van der Waals surface area contributed by atoms with E-state index in [0.29, 0.717) is 17.2 Å². The van der Waals surface area contributed by atoms with Crippen molar-refractivity contribution < 1.29 is 24.2 Å². The van der Waals surface area contributed by atoms with Crippen molar-refractivity contribution in [1.82, 2.24) is 0 Å². The molecule has 6 nitrogen and oxygen atoms in total. The SMILES string of the molecule is COc1cc(NC(C)C(=O)O)ccc1OC(C)=O. The number of carboxylic acids is 1. The summed E-state index contributed by atoms with van der Waals surface area (Å²) in [5, 5.41) is 11.6. The number of esters is 1. The van der Waals surface area contributed by atoms with Gasteiger partial charge in [-0.3, -0.25) is 9.59 Å². The van der Waals surface area contributed by atoms with Gasteiger partial charge in [0.05, 0.1) is 7.11 Å². The van der Waals surface area contributed by atoms with Gasteiger partial charge in [-0.2, -0.15) is 0 Å². The zero-order valence-electron chi connectivity index (χ0n) is 10.4. The summed E-state index contributed by atoms with van der Waals surface area (Å²) in [6, 6.07) is 3.99. The molecule has 1 atom stereocenters. The third kappa shape index (κ3) is 3.65. The molecule has 2 N–H and O–H groups in total. The van der Waals surface area contributed by atoms with Crippen LogP contribution in [0.3, 0.4) is 0 Å². The maximum atomic E-state index is 10.9. The van der Waals surface area contributed by atoms with Crippen LogP contribution in [-0.2, 0) is 9.59 Å². The number of benzene rings is 1. The Labute approximate surface area is 105 Å². The number of ether oxygens (including phenoxy) is 2. The Bertz CT molecular complexity index is 458. The molecule has 1 aromatic rings. The van der Waals surface area contributed by atoms with Gasteiger partial charge in [-0.05, 0) is 19.1 Å². The molecule has 6 heteroatoms. The first-order valence-corrected chi connectivity index (χ1v) is 5.30. The molecule has 1 rings (SSSR count). The fraction of sp³-hybridized carbons (Fsp3) is 0.333. The molecule has 1 aromatic carbocycles. The number of hydrogen-bond donors (Lipinski definition) is 2. The van der Waals surface area contributed by atoms with E-state index in [1.807, 2.05) is 0 Å². The number of hydrogen-bond acceptors (Lipinski definition) is 5. The zero-order valence-corrected chi connectivity index (χ0v) is 10.4. The number of methoxy groups -OCH3 is 1. The smallest absolute Gasteiger partial charge is 0.325 e. The topological polar surface area (TPSA) is 84.9 Å². The van der Waals surface area contributed by atoms with Crippen molar-refractivity contribution in [2.45, 2.75) is 19.9 Å². The number of carbonyl (C=O) groups excluding carboxylic acids is 1. The number of carbonyl (C=O) groups is 2. The van der Waals surface area contributed by atoms with E-state index >= 15 is 0 Å². The molecule has 18 heavy (non-hydrogen) atoms. The molecule has 98 valence electrons. The van der Waals surface area contributed by atoms with E-state index in [1.165, 1.54) is 27.0 Å². The summed E-state index contributed by atoms with van der Waals surface area (Å²) >= 11 is 0. The first kappa shape index (κ1) is 13.8. The molecule has 0 spiro atoms. The second kappa shape index (κ2) is 5.90. The van der Waals surface area contributed by atoms with E-state index in [0.717, 1.165) is 0 Å². The molecule has 0 saturated heterocycles. The van der Waals surface area contributed by atoms with Crippen LogP contribution < -0.4 is 14.8 Å². The molecule has 0 heterocycles. The van der Waals surface area contributed by atoms with Gasteiger partial charge in [0.15, 0.2) is 11.5 Å². The summed E-state index contributed by atoms with van der Waals surface area (Å²) in [5.74, 6) is -0.766. The molecule has 0 fully saturated rings. The molecule has 0 aromatic heterocycles. The van der Waals surface area contributed by atoms with Crippen molar-refractivity contribution in [2.24, 2.45) is 0 Å². The van der Waals surface area contributed by atoms with E-state index in [9.17, 15) is 9.59 Å². The predicted molar refractivity (Wildman–Crippen MR) is 65.0 cm³/mol. The first-order chi connectivity index (χ1) is 8.43. The van der Waals surface area contributed by atoms with Crippen molar-refractivity contribution in [3.8, 4) is 11.5 Å². The highest BCUT2D eigenvalue weighted by Gasteiger charge is 2.12. The second-order valence-electron chi connectivity index (χ2n) is 3.66. The van der Waals surface area contributed by atoms with Gasteiger partial charge >= 0.3 is 11.9 Å². The van der Waals surface area contributed by atoms with Crippen LogP contribution in [0.2, 0.25) is 0 Å². The molecule has 0 saturated carbocycles. The van der Waals surface area contributed by atoms with Crippen molar-refractivity contribution in [3.63, 3.8) is 0 Å². The van der Waals surface area contributed by atoms with Crippen LogP contribution in [-0.4, -0.2) is 30.2 Å². The molecule has 0 bridgehead atoms. The number of nitrogens with one attached hydrogen (secondary N) is 1. The van der Waals surface area contributed by atoms with Gasteiger partial charge in [0, 0.05) is 18.7 Å². The van der Waals surface area contributed by atoms with E-state index in [1.54, 1.807) is 12.1 Å². The summed E-state index contributed by atoms with van der Waals surface area (Å²) in [7, 11) is 1.44. The molecule has 0 aliphatic heterocycles. The monoisotopic (exact) mass is 253 g/mol. The van der Waals surface area contributed by atoms with Crippen molar-refractivity contribution in [1.29, 1.82) is 0 Å². The fourth-order valence-corrected chi connectivity index (χ4v) is 1.31. The molecular formula is C12H15NO5. The summed E-state index contributed by atoms with van der Waals surface area (Å²) < 4.78 is 10.00. The van der Waals surface area contributed by atoms with Crippen molar-refractivity contribution in [2.75, 3.05) is 12.4 Å². The third-order valence-corrected chi connectivity index (χ3v) is 2.17. The van der Waals surface area contributed by atoms with Gasteiger partial charge in [0.2, 0.25) is 0 Å². The Kier molecular flexibility index (Phi) is 4.53. The molecular weight excluding hydrogens is 238 g/mol. The minimum absolute atomic E-state index is 0.290. The van der Waals surface area contributed by atoms with Crippen LogP contribution in [0, 0.1) is 0 Å². The molecule has 0 amide bonds. The highest BCUT2D eigenvalue weighted by molar-refractivity contribution is 5.77. The number of aliphatic carboxylic acids is 1. The minimum Gasteiger partial charge on any atom is -0.493 e. The lowest BCUT2D eigenvalue weighted by Gasteiger charge is -2.13. The standard InChI is InChI=1S/C12H15NO5/c1-7(12(15)16)13-9-4-5-10(18-8(2)14)11(6-9)17-3/h4-7,13H,1-3H3,(H,15,16).